The first-order valence-electron chi connectivity index (χ1n) is 5.78. The summed E-state index contributed by atoms with van der Waals surface area (Å²) in [7, 11) is 0. The molecule has 2 aliphatic rings. The van der Waals surface area contributed by atoms with Gasteiger partial charge in [0.15, 0.2) is 0 Å². The summed E-state index contributed by atoms with van der Waals surface area (Å²) in [5, 5.41) is 2.04. The van der Waals surface area contributed by atoms with Crippen molar-refractivity contribution in [2.24, 2.45) is 0 Å². The van der Waals surface area contributed by atoms with Crippen LogP contribution in [0.2, 0.25) is 0 Å². The van der Waals surface area contributed by atoms with Gasteiger partial charge >= 0.3 is 0 Å². The number of nitrogens with zero attached hydrogens (tertiary/aromatic N) is 2. The normalized spacial score (nSPS) is 25.3. The fourth-order valence-corrected chi connectivity index (χ4v) is 3.81. The van der Waals surface area contributed by atoms with E-state index in [0.29, 0.717) is 6.61 Å². The van der Waals surface area contributed by atoms with Crippen molar-refractivity contribution in [3.8, 4) is 0 Å². The van der Waals surface area contributed by atoms with E-state index < -0.39 is 5.72 Å². The predicted molar refractivity (Wildman–Crippen MR) is 73.7 cm³/mol. The second-order valence-corrected chi connectivity index (χ2v) is 5.47. The molecule has 1 aromatic heterocycles. The number of ether oxygens (including phenoxy) is 1. The zero-order valence-electron chi connectivity index (χ0n) is 9.50. The second kappa shape index (κ2) is 3.60. The van der Waals surface area contributed by atoms with Crippen molar-refractivity contribution in [1.29, 1.82) is 0 Å². The Morgan fingerprint density at radius 3 is 3.11 bits per heavy atom. The van der Waals surface area contributed by atoms with E-state index in [1.54, 1.807) is 11.3 Å². The van der Waals surface area contributed by atoms with Crippen LogP contribution >= 0.6 is 23.6 Å². The van der Waals surface area contributed by atoms with Gasteiger partial charge in [-0.25, -0.2) is 4.98 Å². The van der Waals surface area contributed by atoms with Crippen molar-refractivity contribution in [2.45, 2.75) is 5.72 Å². The molecular weight excluding hydrogens is 264 g/mol. The first-order valence-corrected chi connectivity index (χ1v) is 7.13. The number of thiocarbonyl (C=S) groups is 1. The maximum atomic E-state index is 6.09. The second-order valence-electron chi connectivity index (χ2n) is 4.37. The van der Waals surface area contributed by atoms with Gasteiger partial charge in [-0.15, -0.1) is 11.3 Å². The van der Waals surface area contributed by atoms with Crippen LogP contribution in [0.1, 0.15) is 16.8 Å². The van der Waals surface area contributed by atoms with Crippen LogP contribution in [0, 0.1) is 0 Å². The fraction of sp³-hybridized carbons (Fsp3) is 0.231. The molecule has 0 aliphatic carbocycles. The van der Waals surface area contributed by atoms with E-state index in [1.165, 1.54) is 0 Å². The van der Waals surface area contributed by atoms with Gasteiger partial charge in [0.25, 0.3) is 0 Å². The van der Waals surface area contributed by atoms with Crippen LogP contribution in [0.25, 0.3) is 0 Å². The Morgan fingerprint density at radius 1 is 1.39 bits per heavy atom. The highest BCUT2D eigenvalue weighted by atomic mass is 32.1. The molecule has 0 N–H and O–H groups in total. The Morgan fingerprint density at radius 2 is 2.28 bits per heavy atom. The van der Waals surface area contributed by atoms with E-state index >= 15 is 0 Å². The maximum Gasteiger partial charge on any atom is 0.213 e. The van der Waals surface area contributed by atoms with Gasteiger partial charge in [-0.2, -0.15) is 0 Å². The zero-order valence-corrected chi connectivity index (χ0v) is 11.1. The molecule has 1 fully saturated rings. The molecule has 5 heteroatoms. The molecule has 0 amide bonds. The summed E-state index contributed by atoms with van der Waals surface area (Å²) in [5.41, 5.74) is 4.43. The molecule has 1 unspecified atom stereocenters. The van der Waals surface area contributed by atoms with Crippen LogP contribution in [0.4, 0.5) is 0 Å². The lowest BCUT2D eigenvalue weighted by Crippen LogP contribution is -2.40. The Bertz CT molecular complexity index is 626. The van der Waals surface area contributed by atoms with Crippen molar-refractivity contribution in [1.82, 2.24) is 9.88 Å². The number of benzene rings is 1. The smallest absolute Gasteiger partial charge is 0.213 e. The Hall–Kier alpha value is -1.30. The Kier molecular flexibility index (Phi) is 2.12. The summed E-state index contributed by atoms with van der Waals surface area (Å²) in [6.07, 6.45) is 0. The lowest BCUT2D eigenvalue weighted by molar-refractivity contribution is -0.0187. The minimum Gasteiger partial charge on any atom is -0.344 e. The van der Waals surface area contributed by atoms with Gasteiger partial charge < -0.3 is 9.64 Å². The first kappa shape index (κ1) is 10.6. The number of hydrogen-bond donors (Lipinski definition) is 0. The van der Waals surface area contributed by atoms with Crippen molar-refractivity contribution < 1.29 is 4.74 Å². The molecule has 1 aromatic carbocycles. The summed E-state index contributed by atoms with van der Waals surface area (Å²) in [6, 6.07) is 8.20. The van der Waals surface area contributed by atoms with Crippen molar-refractivity contribution in [2.75, 3.05) is 13.2 Å². The third kappa shape index (κ3) is 1.12. The quantitative estimate of drug-likeness (QED) is 0.746. The minimum atomic E-state index is -0.576. The van der Waals surface area contributed by atoms with Gasteiger partial charge in [-0.1, -0.05) is 36.5 Å². The van der Waals surface area contributed by atoms with Gasteiger partial charge in [0, 0.05) is 23.1 Å². The molecule has 18 heavy (non-hydrogen) atoms. The summed E-state index contributed by atoms with van der Waals surface area (Å²) in [4.78, 5) is 7.48. The van der Waals surface area contributed by atoms with E-state index in [4.69, 9.17) is 17.0 Å². The van der Waals surface area contributed by atoms with Crippen LogP contribution in [0.3, 0.4) is 0 Å². The van der Waals surface area contributed by atoms with Crippen molar-refractivity contribution in [3.05, 3.63) is 52.0 Å². The van der Waals surface area contributed by atoms with Crippen LogP contribution in [-0.2, 0) is 10.5 Å². The molecule has 4 rings (SSSR count). The average Bonchev–Trinajstić information content (AvgIpc) is 3.09. The molecule has 0 spiro atoms. The van der Waals surface area contributed by atoms with Crippen molar-refractivity contribution >= 4 is 28.5 Å². The molecular formula is C13H10N2OS2. The van der Waals surface area contributed by atoms with Gasteiger partial charge in [0.2, 0.25) is 5.72 Å². The van der Waals surface area contributed by atoms with Crippen LogP contribution in [0.5, 0.6) is 0 Å². The van der Waals surface area contributed by atoms with Crippen LogP contribution in [-0.4, -0.2) is 28.0 Å². The van der Waals surface area contributed by atoms with E-state index in [2.05, 4.69) is 22.0 Å². The highest BCUT2D eigenvalue weighted by molar-refractivity contribution is 7.80. The molecule has 0 bridgehead atoms. The topological polar surface area (TPSA) is 25.4 Å². The Labute approximate surface area is 114 Å². The van der Waals surface area contributed by atoms with Crippen LogP contribution in [0.15, 0.2) is 35.2 Å². The van der Waals surface area contributed by atoms with E-state index in [9.17, 15) is 0 Å². The number of fused-ring (bicyclic) bond motifs is 3. The molecule has 1 saturated heterocycles. The van der Waals surface area contributed by atoms with Gasteiger partial charge in [-0.3, -0.25) is 0 Å². The SMILES string of the molecule is S=C1c2ccccc2C2(c3cscn3)OCCN12. The van der Waals surface area contributed by atoms with E-state index in [1.807, 2.05) is 23.0 Å². The summed E-state index contributed by atoms with van der Waals surface area (Å²) in [5.74, 6) is 0. The van der Waals surface area contributed by atoms with Crippen LogP contribution < -0.4 is 0 Å². The lowest BCUT2D eigenvalue weighted by atomic mass is 9.99. The standard InChI is InChI=1S/C13H10N2OS2/c17-12-9-3-1-2-4-10(9)13(11-7-18-8-14-11)15(12)5-6-16-13/h1-4,7-8H,5-6H2. The summed E-state index contributed by atoms with van der Waals surface area (Å²) < 4.78 is 6.09. The molecule has 0 saturated carbocycles. The highest BCUT2D eigenvalue weighted by Crippen LogP contribution is 2.47. The highest BCUT2D eigenvalue weighted by Gasteiger charge is 2.54. The molecule has 3 heterocycles. The number of rotatable bonds is 1. The summed E-state index contributed by atoms with van der Waals surface area (Å²) >= 11 is 7.16. The largest absolute Gasteiger partial charge is 0.344 e. The maximum absolute atomic E-state index is 6.09. The molecule has 1 atom stereocenters. The third-order valence-corrected chi connectivity index (χ3v) is 4.58. The third-order valence-electron chi connectivity index (χ3n) is 3.55. The number of thiazole rings is 1. The van der Waals surface area contributed by atoms with Gasteiger partial charge in [0.1, 0.15) is 10.7 Å². The monoisotopic (exact) mass is 274 g/mol. The molecule has 2 aliphatic heterocycles. The van der Waals surface area contributed by atoms with Gasteiger partial charge in [-0.05, 0) is 0 Å². The number of aromatic nitrogens is 1. The van der Waals surface area contributed by atoms with Crippen molar-refractivity contribution in [3.63, 3.8) is 0 Å². The minimum absolute atomic E-state index is 0.576. The van der Waals surface area contributed by atoms with E-state index in [-0.39, 0.29) is 0 Å². The lowest BCUT2D eigenvalue weighted by Gasteiger charge is -2.30. The molecule has 0 radical (unpaired) electrons. The predicted octanol–water partition coefficient (Wildman–Crippen LogP) is 2.37. The zero-order chi connectivity index (χ0) is 12.2. The molecule has 3 nitrogen and oxygen atoms in total. The fourth-order valence-electron chi connectivity index (χ4n) is 2.83. The van der Waals surface area contributed by atoms with Gasteiger partial charge in [0.05, 0.1) is 12.1 Å². The van der Waals surface area contributed by atoms with E-state index in [0.717, 1.165) is 28.4 Å². The first-order chi connectivity index (χ1) is 8.84. The Balaban J connectivity index is 2.03. The number of hydrogen-bond acceptors (Lipinski definition) is 4. The molecule has 90 valence electrons. The summed E-state index contributed by atoms with van der Waals surface area (Å²) in [6.45, 7) is 1.51. The average molecular weight is 274 g/mol. The molecule has 2 aromatic rings.